The van der Waals surface area contributed by atoms with Crippen molar-refractivity contribution in [3.05, 3.63) is 53.6 Å². The zero-order valence-electron chi connectivity index (χ0n) is 14.6. The number of nitrogens with zero attached hydrogens (tertiary/aromatic N) is 1. The van der Waals surface area contributed by atoms with Gasteiger partial charge in [-0.3, -0.25) is 0 Å². The molecule has 2 aromatic carbocycles. The molecule has 0 aliphatic carbocycles. The molecule has 2 aromatic rings. The predicted molar refractivity (Wildman–Crippen MR) is 95.1 cm³/mol. The summed E-state index contributed by atoms with van der Waals surface area (Å²) in [7, 11) is 2.82. The molecule has 26 heavy (non-hydrogen) atoms. The van der Waals surface area contributed by atoms with Gasteiger partial charge in [0.05, 0.1) is 32.5 Å². The van der Waals surface area contributed by atoms with Gasteiger partial charge >= 0.3 is 5.97 Å². The van der Waals surface area contributed by atoms with Gasteiger partial charge in [-0.1, -0.05) is 0 Å². The number of hydrogen-bond acceptors (Lipinski definition) is 7. The standard InChI is InChI=1S/C19H20N2O5/c1-24-15-7-8-16(17(11-15)26-10-9-22)18(19(23)25-2)21-14-5-3-13(12-20)4-6-14/h3-8,11,18,21-22H,9-10H2,1-2H3. The highest BCUT2D eigenvalue weighted by atomic mass is 16.5. The maximum Gasteiger partial charge on any atom is 0.333 e. The monoisotopic (exact) mass is 356 g/mol. The Labute approximate surface area is 151 Å². The van der Waals surface area contributed by atoms with Crippen molar-refractivity contribution in [2.45, 2.75) is 6.04 Å². The quantitative estimate of drug-likeness (QED) is 0.700. The third-order valence-corrected chi connectivity index (χ3v) is 3.64. The van der Waals surface area contributed by atoms with Crippen LogP contribution in [0.15, 0.2) is 42.5 Å². The molecule has 0 saturated carbocycles. The summed E-state index contributed by atoms with van der Waals surface area (Å²) in [5.74, 6) is 0.451. The first-order chi connectivity index (χ1) is 12.6. The summed E-state index contributed by atoms with van der Waals surface area (Å²) in [5, 5.41) is 21.0. The van der Waals surface area contributed by atoms with Gasteiger partial charge in [0, 0.05) is 17.3 Å². The topological polar surface area (TPSA) is 101 Å². The first-order valence-corrected chi connectivity index (χ1v) is 7.89. The second-order valence-corrected chi connectivity index (χ2v) is 5.27. The van der Waals surface area contributed by atoms with Crippen LogP contribution in [0.1, 0.15) is 17.2 Å². The number of nitriles is 1. The molecule has 0 spiro atoms. The van der Waals surface area contributed by atoms with Crippen LogP contribution in [0.4, 0.5) is 5.69 Å². The van der Waals surface area contributed by atoms with E-state index in [1.54, 1.807) is 42.5 Å². The molecule has 0 amide bonds. The van der Waals surface area contributed by atoms with Crippen LogP contribution in [0.3, 0.4) is 0 Å². The third-order valence-electron chi connectivity index (χ3n) is 3.64. The normalized spacial score (nSPS) is 11.2. The van der Waals surface area contributed by atoms with Gasteiger partial charge in [0.15, 0.2) is 6.04 Å². The molecule has 0 aromatic heterocycles. The molecule has 0 heterocycles. The number of aliphatic hydroxyl groups excluding tert-OH is 1. The highest BCUT2D eigenvalue weighted by Gasteiger charge is 2.25. The average molecular weight is 356 g/mol. The van der Waals surface area contributed by atoms with Crippen LogP contribution in [-0.4, -0.2) is 38.5 Å². The van der Waals surface area contributed by atoms with Crippen molar-refractivity contribution in [1.82, 2.24) is 0 Å². The number of benzene rings is 2. The van der Waals surface area contributed by atoms with E-state index in [9.17, 15) is 4.79 Å². The van der Waals surface area contributed by atoms with E-state index in [1.807, 2.05) is 6.07 Å². The number of hydrogen-bond donors (Lipinski definition) is 2. The van der Waals surface area contributed by atoms with Crippen molar-refractivity contribution in [3.8, 4) is 17.6 Å². The van der Waals surface area contributed by atoms with Crippen LogP contribution in [-0.2, 0) is 9.53 Å². The molecule has 0 saturated heterocycles. The van der Waals surface area contributed by atoms with E-state index >= 15 is 0 Å². The minimum Gasteiger partial charge on any atom is -0.497 e. The number of anilines is 1. The van der Waals surface area contributed by atoms with Gasteiger partial charge in [-0.15, -0.1) is 0 Å². The van der Waals surface area contributed by atoms with Crippen molar-refractivity contribution in [3.63, 3.8) is 0 Å². The van der Waals surface area contributed by atoms with Gasteiger partial charge in [0.25, 0.3) is 0 Å². The van der Waals surface area contributed by atoms with Crippen LogP contribution in [0, 0.1) is 11.3 Å². The van der Waals surface area contributed by atoms with Gasteiger partial charge in [-0.2, -0.15) is 5.26 Å². The molecule has 1 atom stereocenters. The highest BCUT2D eigenvalue weighted by molar-refractivity contribution is 5.82. The van der Waals surface area contributed by atoms with Gasteiger partial charge in [0.1, 0.15) is 18.1 Å². The third kappa shape index (κ3) is 4.65. The van der Waals surface area contributed by atoms with Gasteiger partial charge in [0.2, 0.25) is 0 Å². The molecular weight excluding hydrogens is 336 g/mol. The molecule has 0 aliphatic heterocycles. The predicted octanol–water partition coefficient (Wildman–Crippen LogP) is 2.26. The summed E-state index contributed by atoms with van der Waals surface area (Å²) in [5.41, 5.74) is 1.69. The minimum atomic E-state index is -0.840. The van der Waals surface area contributed by atoms with Gasteiger partial charge in [-0.05, 0) is 36.4 Å². The number of methoxy groups -OCH3 is 2. The zero-order chi connectivity index (χ0) is 18.9. The lowest BCUT2D eigenvalue weighted by Crippen LogP contribution is -2.23. The van der Waals surface area contributed by atoms with Crippen LogP contribution in [0.5, 0.6) is 11.5 Å². The molecule has 0 bridgehead atoms. The first-order valence-electron chi connectivity index (χ1n) is 7.89. The lowest BCUT2D eigenvalue weighted by Gasteiger charge is -2.21. The summed E-state index contributed by atoms with van der Waals surface area (Å²) >= 11 is 0. The van der Waals surface area contributed by atoms with Crippen LogP contribution < -0.4 is 14.8 Å². The minimum absolute atomic E-state index is 0.0743. The van der Waals surface area contributed by atoms with Gasteiger partial charge < -0.3 is 24.6 Å². The molecule has 2 N–H and O–H groups in total. The SMILES string of the molecule is COC(=O)C(Nc1ccc(C#N)cc1)c1ccc(OC)cc1OCCO. The Balaban J connectivity index is 2.39. The number of carbonyl (C=O) groups is 1. The summed E-state index contributed by atoms with van der Waals surface area (Å²) in [6.07, 6.45) is 0. The smallest absolute Gasteiger partial charge is 0.333 e. The summed E-state index contributed by atoms with van der Waals surface area (Å²) in [6.45, 7) is -0.0898. The molecule has 136 valence electrons. The van der Waals surface area contributed by atoms with E-state index in [-0.39, 0.29) is 13.2 Å². The van der Waals surface area contributed by atoms with E-state index in [2.05, 4.69) is 5.32 Å². The maximum absolute atomic E-state index is 12.3. The Bertz CT molecular complexity index is 784. The second-order valence-electron chi connectivity index (χ2n) is 5.27. The zero-order valence-corrected chi connectivity index (χ0v) is 14.6. The number of aliphatic hydroxyl groups is 1. The van der Waals surface area contributed by atoms with Crippen LogP contribution >= 0.6 is 0 Å². The van der Waals surface area contributed by atoms with E-state index < -0.39 is 12.0 Å². The van der Waals surface area contributed by atoms with Gasteiger partial charge in [-0.25, -0.2) is 4.79 Å². The largest absolute Gasteiger partial charge is 0.497 e. The fourth-order valence-electron chi connectivity index (χ4n) is 2.35. The van der Waals surface area contributed by atoms with E-state index in [1.165, 1.54) is 14.2 Å². The number of esters is 1. The number of carbonyl (C=O) groups excluding carboxylic acids is 1. The number of nitrogens with one attached hydrogen (secondary N) is 1. The summed E-state index contributed by atoms with van der Waals surface area (Å²) < 4.78 is 15.7. The van der Waals surface area contributed by atoms with E-state index in [0.29, 0.717) is 28.3 Å². The summed E-state index contributed by atoms with van der Waals surface area (Å²) in [6, 6.07) is 12.9. The molecule has 2 rings (SSSR count). The lowest BCUT2D eigenvalue weighted by atomic mass is 10.0. The second kappa shape index (κ2) is 9.30. The first kappa shape index (κ1) is 19.1. The molecule has 1 unspecified atom stereocenters. The van der Waals surface area contributed by atoms with E-state index in [0.717, 1.165) is 0 Å². The highest BCUT2D eigenvalue weighted by Crippen LogP contribution is 2.32. The average Bonchev–Trinajstić information content (AvgIpc) is 2.70. The Morgan fingerprint density at radius 3 is 2.54 bits per heavy atom. The Morgan fingerprint density at radius 2 is 1.96 bits per heavy atom. The van der Waals surface area contributed by atoms with Crippen LogP contribution in [0.25, 0.3) is 0 Å². The number of ether oxygens (including phenoxy) is 3. The molecule has 7 nitrogen and oxygen atoms in total. The van der Waals surface area contributed by atoms with Crippen molar-refractivity contribution in [1.29, 1.82) is 5.26 Å². The Hall–Kier alpha value is -3.24. The summed E-state index contributed by atoms with van der Waals surface area (Å²) in [4.78, 5) is 12.3. The Morgan fingerprint density at radius 1 is 1.23 bits per heavy atom. The van der Waals surface area contributed by atoms with Crippen molar-refractivity contribution in [2.75, 3.05) is 32.8 Å². The van der Waals surface area contributed by atoms with Crippen molar-refractivity contribution >= 4 is 11.7 Å². The van der Waals surface area contributed by atoms with Crippen molar-refractivity contribution < 1.29 is 24.1 Å². The molecular formula is C19H20N2O5. The molecule has 0 radical (unpaired) electrons. The fraction of sp³-hybridized carbons (Fsp3) is 0.263. The molecule has 7 heteroatoms. The molecule has 0 aliphatic rings. The van der Waals surface area contributed by atoms with Crippen molar-refractivity contribution in [2.24, 2.45) is 0 Å². The van der Waals surface area contributed by atoms with E-state index in [4.69, 9.17) is 24.6 Å². The molecule has 0 fully saturated rings. The maximum atomic E-state index is 12.3. The van der Waals surface area contributed by atoms with Crippen LogP contribution in [0.2, 0.25) is 0 Å². The fourth-order valence-corrected chi connectivity index (χ4v) is 2.35. The number of rotatable bonds is 8. The lowest BCUT2D eigenvalue weighted by molar-refractivity contribution is -0.141. The Kier molecular flexibility index (Phi) is 6.83.